The predicted molar refractivity (Wildman–Crippen MR) is 85.3 cm³/mol. The fraction of sp³-hybridized carbons (Fsp3) is 0.278. The molecule has 2 heterocycles. The fourth-order valence-electron chi connectivity index (χ4n) is 2.87. The Morgan fingerprint density at radius 3 is 2.81 bits per heavy atom. The smallest absolute Gasteiger partial charge is 0.108 e. The molecule has 3 heteroatoms. The summed E-state index contributed by atoms with van der Waals surface area (Å²) in [6, 6.07) is 12.6. The molecule has 2 aromatic heterocycles. The standard InChI is InChI=1S/C18H20N2O/c1-3-17-15(10-12-21-17)18(19-4-2)14-7-5-9-16-13(14)8-6-11-20-16/h5-12,18-19H,3-4H2,1-2H3. The number of nitrogens with one attached hydrogen (secondary N) is 1. The van der Waals surface area contributed by atoms with E-state index >= 15 is 0 Å². The van der Waals surface area contributed by atoms with Gasteiger partial charge in [-0.1, -0.05) is 32.0 Å². The van der Waals surface area contributed by atoms with Crippen LogP contribution in [0.4, 0.5) is 0 Å². The van der Waals surface area contributed by atoms with Gasteiger partial charge in [0.05, 0.1) is 17.8 Å². The van der Waals surface area contributed by atoms with Crippen LogP contribution in [0.5, 0.6) is 0 Å². The molecule has 1 unspecified atom stereocenters. The van der Waals surface area contributed by atoms with Crippen LogP contribution in [0.15, 0.2) is 53.3 Å². The summed E-state index contributed by atoms with van der Waals surface area (Å²) < 4.78 is 5.62. The molecule has 0 saturated heterocycles. The van der Waals surface area contributed by atoms with Gasteiger partial charge in [-0.3, -0.25) is 4.98 Å². The Kier molecular flexibility index (Phi) is 4.02. The first-order valence-electron chi connectivity index (χ1n) is 7.48. The van der Waals surface area contributed by atoms with E-state index < -0.39 is 0 Å². The van der Waals surface area contributed by atoms with Crippen molar-refractivity contribution in [1.29, 1.82) is 0 Å². The van der Waals surface area contributed by atoms with E-state index in [1.54, 1.807) is 6.26 Å². The SMILES string of the molecule is CCNC(c1ccoc1CC)c1cccc2ncccc12. The number of furan rings is 1. The minimum atomic E-state index is 0.136. The third kappa shape index (κ3) is 2.57. The van der Waals surface area contributed by atoms with Crippen molar-refractivity contribution in [2.45, 2.75) is 26.3 Å². The van der Waals surface area contributed by atoms with Gasteiger partial charge in [0.1, 0.15) is 5.76 Å². The molecule has 3 nitrogen and oxygen atoms in total. The third-order valence-corrected chi connectivity index (χ3v) is 3.81. The second-order valence-corrected chi connectivity index (χ2v) is 5.06. The summed E-state index contributed by atoms with van der Waals surface area (Å²) in [7, 11) is 0. The van der Waals surface area contributed by atoms with Crippen LogP contribution in [0.2, 0.25) is 0 Å². The zero-order valence-electron chi connectivity index (χ0n) is 12.5. The molecule has 1 N–H and O–H groups in total. The number of hydrogen-bond donors (Lipinski definition) is 1. The molecule has 0 aliphatic rings. The third-order valence-electron chi connectivity index (χ3n) is 3.81. The first-order valence-corrected chi connectivity index (χ1v) is 7.48. The molecule has 0 aliphatic heterocycles. The Balaban J connectivity index is 2.16. The van der Waals surface area contributed by atoms with Crippen LogP contribution in [-0.2, 0) is 6.42 Å². The van der Waals surface area contributed by atoms with Crippen LogP contribution in [0.25, 0.3) is 10.9 Å². The van der Waals surface area contributed by atoms with Crippen molar-refractivity contribution in [3.8, 4) is 0 Å². The number of aryl methyl sites for hydroxylation is 1. The zero-order valence-corrected chi connectivity index (χ0v) is 12.5. The van der Waals surface area contributed by atoms with Crippen LogP contribution in [-0.4, -0.2) is 11.5 Å². The molecule has 1 aromatic carbocycles. The predicted octanol–water partition coefficient (Wildman–Crippen LogP) is 4.09. The molecule has 0 saturated carbocycles. The number of rotatable bonds is 5. The van der Waals surface area contributed by atoms with Gasteiger partial charge in [0.25, 0.3) is 0 Å². The highest BCUT2D eigenvalue weighted by Gasteiger charge is 2.20. The number of pyridine rings is 1. The molecule has 0 amide bonds. The van der Waals surface area contributed by atoms with Crippen molar-refractivity contribution in [2.75, 3.05) is 6.54 Å². The molecule has 0 radical (unpaired) electrons. The van der Waals surface area contributed by atoms with Crippen molar-refractivity contribution in [3.05, 3.63) is 65.7 Å². The summed E-state index contributed by atoms with van der Waals surface area (Å²) in [6.45, 7) is 5.15. The molecule has 3 aromatic rings. The monoisotopic (exact) mass is 280 g/mol. The molecule has 3 rings (SSSR count). The maximum Gasteiger partial charge on any atom is 0.108 e. The second-order valence-electron chi connectivity index (χ2n) is 5.06. The molecule has 0 spiro atoms. The maximum atomic E-state index is 5.62. The highest BCUT2D eigenvalue weighted by Crippen LogP contribution is 2.30. The molecule has 108 valence electrons. The van der Waals surface area contributed by atoms with E-state index in [1.165, 1.54) is 16.5 Å². The first kappa shape index (κ1) is 13.8. The molecular formula is C18H20N2O. The maximum absolute atomic E-state index is 5.62. The van der Waals surface area contributed by atoms with E-state index in [-0.39, 0.29) is 6.04 Å². The number of fused-ring (bicyclic) bond motifs is 1. The van der Waals surface area contributed by atoms with Gasteiger partial charge in [-0.2, -0.15) is 0 Å². The normalized spacial score (nSPS) is 12.7. The summed E-state index contributed by atoms with van der Waals surface area (Å²) in [4.78, 5) is 4.46. The van der Waals surface area contributed by atoms with E-state index in [9.17, 15) is 0 Å². The Bertz CT molecular complexity index is 727. The van der Waals surface area contributed by atoms with Crippen molar-refractivity contribution >= 4 is 10.9 Å². The summed E-state index contributed by atoms with van der Waals surface area (Å²) in [6.07, 6.45) is 4.51. The molecule has 0 bridgehead atoms. The van der Waals surface area contributed by atoms with Gasteiger partial charge in [0, 0.05) is 23.6 Å². The van der Waals surface area contributed by atoms with Crippen LogP contribution in [0.3, 0.4) is 0 Å². The van der Waals surface area contributed by atoms with E-state index in [1.807, 2.05) is 12.3 Å². The number of nitrogens with zero attached hydrogens (tertiary/aromatic N) is 1. The van der Waals surface area contributed by atoms with E-state index in [4.69, 9.17) is 4.42 Å². The fourth-order valence-corrected chi connectivity index (χ4v) is 2.87. The Morgan fingerprint density at radius 2 is 2.00 bits per heavy atom. The van der Waals surface area contributed by atoms with Crippen molar-refractivity contribution in [2.24, 2.45) is 0 Å². The average molecular weight is 280 g/mol. The minimum Gasteiger partial charge on any atom is -0.469 e. The zero-order chi connectivity index (χ0) is 14.7. The van der Waals surface area contributed by atoms with E-state index in [0.29, 0.717) is 0 Å². The second kappa shape index (κ2) is 6.10. The van der Waals surface area contributed by atoms with Crippen LogP contribution in [0, 0.1) is 0 Å². The summed E-state index contributed by atoms with van der Waals surface area (Å²) in [5, 5.41) is 4.77. The highest BCUT2D eigenvalue weighted by molar-refractivity contribution is 5.83. The lowest BCUT2D eigenvalue weighted by molar-refractivity contribution is 0.502. The Hall–Kier alpha value is -2.13. The van der Waals surface area contributed by atoms with Crippen molar-refractivity contribution < 1.29 is 4.42 Å². The van der Waals surface area contributed by atoms with Crippen LogP contribution < -0.4 is 5.32 Å². The molecule has 21 heavy (non-hydrogen) atoms. The van der Waals surface area contributed by atoms with Gasteiger partial charge < -0.3 is 9.73 Å². The van der Waals surface area contributed by atoms with E-state index in [0.717, 1.165) is 24.2 Å². The van der Waals surface area contributed by atoms with Gasteiger partial charge in [-0.05, 0) is 30.3 Å². The minimum absolute atomic E-state index is 0.136. The van der Waals surface area contributed by atoms with Crippen molar-refractivity contribution in [1.82, 2.24) is 10.3 Å². The number of hydrogen-bond acceptors (Lipinski definition) is 3. The largest absolute Gasteiger partial charge is 0.469 e. The summed E-state index contributed by atoms with van der Waals surface area (Å²) >= 11 is 0. The lowest BCUT2D eigenvalue weighted by Crippen LogP contribution is -2.22. The van der Waals surface area contributed by atoms with Gasteiger partial charge >= 0.3 is 0 Å². The van der Waals surface area contributed by atoms with Gasteiger partial charge in [0.2, 0.25) is 0 Å². The summed E-state index contributed by atoms with van der Waals surface area (Å²) in [5.41, 5.74) is 3.49. The van der Waals surface area contributed by atoms with Gasteiger partial charge in [-0.25, -0.2) is 0 Å². The molecule has 0 fully saturated rings. The molecule has 0 aliphatic carbocycles. The number of aromatic nitrogens is 1. The first-order chi connectivity index (χ1) is 10.3. The Morgan fingerprint density at radius 1 is 1.10 bits per heavy atom. The number of benzene rings is 1. The Labute approximate surface area is 125 Å². The lowest BCUT2D eigenvalue weighted by Gasteiger charge is -2.20. The van der Waals surface area contributed by atoms with Crippen LogP contribution >= 0.6 is 0 Å². The average Bonchev–Trinajstić information content (AvgIpc) is 3.00. The van der Waals surface area contributed by atoms with Gasteiger partial charge in [-0.15, -0.1) is 0 Å². The highest BCUT2D eigenvalue weighted by atomic mass is 16.3. The van der Waals surface area contributed by atoms with Crippen LogP contribution in [0.1, 0.15) is 36.8 Å². The lowest BCUT2D eigenvalue weighted by atomic mass is 9.94. The van der Waals surface area contributed by atoms with E-state index in [2.05, 4.69) is 54.5 Å². The summed E-state index contributed by atoms with van der Waals surface area (Å²) in [5.74, 6) is 1.04. The molecule has 1 atom stereocenters. The topological polar surface area (TPSA) is 38.1 Å². The molecular weight excluding hydrogens is 260 g/mol. The van der Waals surface area contributed by atoms with Gasteiger partial charge in [0.15, 0.2) is 0 Å². The van der Waals surface area contributed by atoms with Crippen molar-refractivity contribution in [3.63, 3.8) is 0 Å². The quantitative estimate of drug-likeness (QED) is 0.765.